The Balaban J connectivity index is 1.72. The van der Waals surface area contributed by atoms with Gasteiger partial charge in [0.2, 0.25) is 11.1 Å². The first kappa shape index (κ1) is 19.7. The number of anilines is 1. The van der Waals surface area contributed by atoms with Gasteiger partial charge in [-0.15, -0.1) is 5.10 Å². The van der Waals surface area contributed by atoms with E-state index < -0.39 is 0 Å². The number of hydrogen-bond donors (Lipinski definition) is 1. The quantitative estimate of drug-likeness (QED) is 0.582. The van der Waals surface area contributed by atoms with E-state index in [0.717, 1.165) is 17.7 Å². The number of nitrogens with zero attached hydrogens (tertiary/aromatic N) is 4. The van der Waals surface area contributed by atoms with Gasteiger partial charge in [-0.1, -0.05) is 36.9 Å². The van der Waals surface area contributed by atoms with Crippen molar-refractivity contribution in [3.8, 4) is 17.2 Å². The number of benzene rings is 2. The van der Waals surface area contributed by atoms with Crippen LogP contribution >= 0.6 is 11.8 Å². The Morgan fingerprint density at radius 3 is 2.54 bits per heavy atom. The second-order valence-corrected chi connectivity index (χ2v) is 6.73. The van der Waals surface area contributed by atoms with Crippen molar-refractivity contribution in [1.29, 1.82) is 0 Å². The van der Waals surface area contributed by atoms with Crippen LogP contribution in [0.4, 0.5) is 5.69 Å². The first-order valence-electron chi connectivity index (χ1n) is 8.67. The second kappa shape index (κ2) is 9.23. The normalized spacial score (nSPS) is 10.5. The molecule has 0 saturated heterocycles. The van der Waals surface area contributed by atoms with E-state index in [1.165, 1.54) is 11.8 Å². The third-order valence-corrected chi connectivity index (χ3v) is 4.95. The lowest BCUT2D eigenvalue weighted by atomic mass is 10.1. The fourth-order valence-corrected chi connectivity index (χ4v) is 3.30. The summed E-state index contributed by atoms with van der Waals surface area (Å²) in [6.07, 6.45) is 0.847. The summed E-state index contributed by atoms with van der Waals surface area (Å²) in [5.74, 6) is 1.30. The summed E-state index contributed by atoms with van der Waals surface area (Å²) in [5.41, 5.74) is 2.60. The summed E-state index contributed by atoms with van der Waals surface area (Å²) in [4.78, 5) is 12.4. The van der Waals surface area contributed by atoms with E-state index >= 15 is 0 Å². The number of methoxy groups -OCH3 is 2. The number of aryl methyl sites for hydroxylation is 1. The summed E-state index contributed by atoms with van der Waals surface area (Å²) < 4.78 is 12.1. The number of carbonyl (C=O) groups excluding carboxylic acids is 1. The average molecular weight is 399 g/mol. The molecule has 1 amide bonds. The molecule has 28 heavy (non-hydrogen) atoms. The number of thioether (sulfide) groups is 1. The predicted molar refractivity (Wildman–Crippen MR) is 107 cm³/mol. The van der Waals surface area contributed by atoms with Crippen molar-refractivity contribution in [3.63, 3.8) is 0 Å². The van der Waals surface area contributed by atoms with Crippen molar-refractivity contribution in [1.82, 2.24) is 20.2 Å². The minimum absolute atomic E-state index is 0.122. The molecule has 0 aliphatic heterocycles. The van der Waals surface area contributed by atoms with E-state index in [1.54, 1.807) is 37.1 Å². The van der Waals surface area contributed by atoms with Crippen molar-refractivity contribution in [3.05, 3.63) is 48.0 Å². The van der Waals surface area contributed by atoms with Crippen LogP contribution in [0.3, 0.4) is 0 Å². The maximum Gasteiger partial charge on any atom is 0.234 e. The largest absolute Gasteiger partial charge is 0.497 e. The van der Waals surface area contributed by atoms with Crippen molar-refractivity contribution in [2.45, 2.75) is 18.5 Å². The molecule has 1 N–H and O–H groups in total. The number of tetrazole rings is 1. The Kier molecular flexibility index (Phi) is 6.49. The van der Waals surface area contributed by atoms with Crippen LogP contribution in [0.25, 0.3) is 5.69 Å². The minimum atomic E-state index is -0.122. The molecule has 0 fully saturated rings. The van der Waals surface area contributed by atoms with Gasteiger partial charge in [-0.2, -0.15) is 4.68 Å². The zero-order valence-electron chi connectivity index (χ0n) is 15.9. The molecule has 0 bridgehead atoms. The topological polar surface area (TPSA) is 91.2 Å². The summed E-state index contributed by atoms with van der Waals surface area (Å²) in [5, 5.41) is 15.2. The Morgan fingerprint density at radius 2 is 1.86 bits per heavy atom. The molecule has 0 aliphatic rings. The van der Waals surface area contributed by atoms with Gasteiger partial charge in [0.1, 0.15) is 11.5 Å². The maximum absolute atomic E-state index is 12.4. The number of aromatic nitrogens is 4. The van der Waals surface area contributed by atoms with Crippen molar-refractivity contribution in [2.75, 3.05) is 25.3 Å². The van der Waals surface area contributed by atoms with Gasteiger partial charge < -0.3 is 14.8 Å². The van der Waals surface area contributed by atoms with Crippen LogP contribution in [0.2, 0.25) is 0 Å². The third-order valence-electron chi connectivity index (χ3n) is 4.03. The number of carbonyl (C=O) groups is 1. The summed E-state index contributed by atoms with van der Waals surface area (Å²) >= 11 is 1.25. The van der Waals surface area contributed by atoms with Gasteiger partial charge in [-0.3, -0.25) is 4.79 Å². The van der Waals surface area contributed by atoms with Gasteiger partial charge in [0.05, 0.1) is 25.7 Å². The highest BCUT2D eigenvalue weighted by Gasteiger charge is 2.14. The number of amides is 1. The van der Waals surface area contributed by atoms with E-state index in [1.807, 2.05) is 24.3 Å². The molecule has 0 aliphatic carbocycles. The Labute approximate surface area is 167 Å². The molecule has 8 nitrogen and oxygen atoms in total. The van der Waals surface area contributed by atoms with E-state index in [-0.39, 0.29) is 11.7 Å². The van der Waals surface area contributed by atoms with E-state index in [0.29, 0.717) is 22.3 Å². The highest BCUT2D eigenvalue weighted by atomic mass is 32.2. The summed E-state index contributed by atoms with van der Waals surface area (Å²) in [7, 11) is 3.15. The lowest BCUT2D eigenvalue weighted by molar-refractivity contribution is -0.113. The Morgan fingerprint density at radius 1 is 1.14 bits per heavy atom. The molecule has 0 spiro atoms. The summed E-state index contributed by atoms with van der Waals surface area (Å²) in [6.45, 7) is 2.05. The lowest BCUT2D eigenvalue weighted by Crippen LogP contribution is -2.15. The number of nitrogens with one attached hydrogen (secondary N) is 1. The van der Waals surface area contributed by atoms with Gasteiger partial charge in [0.25, 0.3) is 0 Å². The standard InChI is InChI=1S/C19H21N5O3S/c1-4-13-7-5-6-8-17(13)20-18(25)12-28-19-21-22-23-24(19)14-9-15(26-2)11-16(10-14)27-3/h5-11H,4,12H2,1-3H3,(H,20,25). The van der Waals surface area contributed by atoms with Gasteiger partial charge in [-0.25, -0.2) is 0 Å². The van der Waals surface area contributed by atoms with Crippen LogP contribution in [-0.2, 0) is 11.2 Å². The fourth-order valence-electron chi connectivity index (χ4n) is 2.61. The van der Waals surface area contributed by atoms with E-state index in [4.69, 9.17) is 9.47 Å². The molecule has 2 aromatic carbocycles. The van der Waals surface area contributed by atoms with Crippen LogP contribution in [-0.4, -0.2) is 46.1 Å². The molecule has 0 saturated carbocycles. The first-order valence-corrected chi connectivity index (χ1v) is 9.65. The van der Waals surface area contributed by atoms with Gasteiger partial charge >= 0.3 is 0 Å². The molecular weight excluding hydrogens is 378 g/mol. The molecule has 0 unspecified atom stereocenters. The van der Waals surface area contributed by atoms with Crippen LogP contribution in [0.1, 0.15) is 12.5 Å². The highest BCUT2D eigenvalue weighted by molar-refractivity contribution is 7.99. The maximum atomic E-state index is 12.4. The Bertz CT molecular complexity index is 938. The Hall–Kier alpha value is -3.07. The van der Waals surface area contributed by atoms with Gasteiger partial charge in [0, 0.05) is 23.9 Å². The molecule has 3 rings (SSSR count). The smallest absolute Gasteiger partial charge is 0.234 e. The van der Waals surface area contributed by atoms with Gasteiger partial charge in [0.15, 0.2) is 0 Å². The number of rotatable bonds is 8. The number of para-hydroxylation sites is 1. The van der Waals surface area contributed by atoms with Crippen molar-refractivity contribution in [2.24, 2.45) is 0 Å². The SMILES string of the molecule is CCc1ccccc1NC(=O)CSc1nnnn1-c1cc(OC)cc(OC)c1. The fraction of sp³-hybridized carbons (Fsp3) is 0.263. The molecule has 146 valence electrons. The average Bonchev–Trinajstić information content (AvgIpc) is 3.21. The van der Waals surface area contributed by atoms with Gasteiger partial charge in [-0.05, 0) is 28.5 Å². The number of ether oxygens (including phenoxy) is 2. The van der Waals surface area contributed by atoms with Crippen LogP contribution in [0.5, 0.6) is 11.5 Å². The molecule has 3 aromatic rings. The predicted octanol–water partition coefficient (Wildman–Crippen LogP) is 2.97. The zero-order valence-corrected chi connectivity index (χ0v) is 16.7. The molecule has 0 atom stereocenters. The van der Waals surface area contributed by atoms with Crippen molar-refractivity contribution >= 4 is 23.4 Å². The zero-order chi connectivity index (χ0) is 19.9. The minimum Gasteiger partial charge on any atom is -0.497 e. The summed E-state index contributed by atoms with van der Waals surface area (Å²) in [6, 6.07) is 13.1. The first-order chi connectivity index (χ1) is 13.6. The molecular formula is C19H21N5O3S. The molecule has 1 aromatic heterocycles. The molecule has 9 heteroatoms. The monoisotopic (exact) mass is 399 g/mol. The lowest BCUT2D eigenvalue weighted by Gasteiger charge is -2.10. The van der Waals surface area contributed by atoms with Crippen LogP contribution < -0.4 is 14.8 Å². The number of hydrogen-bond acceptors (Lipinski definition) is 7. The van der Waals surface area contributed by atoms with Crippen LogP contribution in [0.15, 0.2) is 47.6 Å². The second-order valence-electron chi connectivity index (χ2n) is 5.79. The van der Waals surface area contributed by atoms with Crippen molar-refractivity contribution < 1.29 is 14.3 Å². The molecule has 1 heterocycles. The van der Waals surface area contributed by atoms with Crippen LogP contribution in [0, 0.1) is 0 Å². The molecule has 0 radical (unpaired) electrons. The third kappa shape index (κ3) is 4.61. The van der Waals surface area contributed by atoms with E-state index in [9.17, 15) is 4.79 Å². The van der Waals surface area contributed by atoms with E-state index in [2.05, 4.69) is 27.8 Å². The highest BCUT2D eigenvalue weighted by Crippen LogP contribution is 2.27.